The number of thiazole rings is 1. The maximum atomic E-state index is 13.0. The number of piperidine rings is 1. The van der Waals surface area contributed by atoms with Crippen LogP contribution in [-0.4, -0.2) is 34.2 Å². The van der Waals surface area contributed by atoms with Crippen molar-refractivity contribution < 1.29 is 9.18 Å². The predicted octanol–water partition coefficient (Wildman–Crippen LogP) is 3.59. The SMILES string of the molecule is O=C(Nc1nccs1)C1CCN(c2ccc(-c3ccc(F)cc3)nn2)CC1. The average molecular weight is 383 g/mol. The second kappa shape index (κ2) is 7.79. The van der Waals surface area contributed by atoms with Crippen molar-refractivity contribution in [3.8, 4) is 11.3 Å². The standard InChI is InChI=1S/C19H18FN5OS/c20-15-3-1-13(2-4-15)16-5-6-17(24-23-16)25-10-7-14(8-11-25)18(26)22-19-21-9-12-27-19/h1-6,9,12,14H,7-8,10-11H2,(H,21,22,26). The minimum atomic E-state index is -0.273. The highest BCUT2D eigenvalue weighted by Gasteiger charge is 2.26. The van der Waals surface area contributed by atoms with Gasteiger partial charge in [-0.2, -0.15) is 0 Å². The number of nitrogens with zero attached hydrogens (tertiary/aromatic N) is 4. The first kappa shape index (κ1) is 17.5. The summed E-state index contributed by atoms with van der Waals surface area (Å²) < 4.78 is 13.0. The molecule has 0 radical (unpaired) electrons. The lowest BCUT2D eigenvalue weighted by Crippen LogP contribution is -2.38. The van der Waals surface area contributed by atoms with Gasteiger partial charge < -0.3 is 10.2 Å². The van der Waals surface area contributed by atoms with Gasteiger partial charge in [0.2, 0.25) is 5.91 Å². The van der Waals surface area contributed by atoms with Crippen molar-refractivity contribution in [3.63, 3.8) is 0 Å². The lowest BCUT2D eigenvalue weighted by Gasteiger charge is -2.31. The summed E-state index contributed by atoms with van der Waals surface area (Å²) in [6.45, 7) is 1.50. The van der Waals surface area contributed by atoms with Crippen molar-refractivity contribution in [2.24, 2.45) is 5.92 Å². The Labute approximate surface area is 160 Å². The molecular formula is C19H18FN5OS. The minimum absolute atomic E-state index is 0.0170. The smallest absolute Gasteiger partial charge is 0.229 e. The van der Waals surface area contributed by atoms with Gasteiger partial charge in [-0.25, -0.2) is 9.37 Å². The van der Waals surface area contributed by atoms with E-state index in [2.05, 4.69) is 25.4 Å². The third-order valence-corrected chi connectivity index (χ3v) is 5.33. The number of hydrogen-bond donors (Lipinski definition) is 1. The molecule has 1 fully saturated rings. The minimum Gasteiger partial charge on any atom is -0.355 e. The van der Waals surface area contributed by atoms with Gasteiger partial charge in [0.05, 0.1) is 5.69 Å². The molecule has 1 amide bonds. The van der Waals surface area contributed by atoms with Gasteiger partial charge in [0.25, 0.3) is 0 Å². The first-order valence-corrected chi connectivity index (χ1v) is 9.62. The van der Waals surface area contributed by atoms with E-state index in [1.165, 1.54) is 23.5 Å². The van der Waals surface area contributed by atoms with Crippen LogP contribution in [0.3, 0.4) is 0 Å². The molecule has 3 heterocycles. The van der Waals surface area contributed by atoms with Gasteiger partial charge >= 0.3 is 0 Å². The van der Waals surface area contributed by atoms with Crippen LogP contribution < -0.4 is 10.2 Å². The zero-order valence-electron chi connectivity index (χ0n) is 14.5. The van der Waals surface area contributed by atoms with E-state index in [1.807, 2.05) is 17.5 Å². The van der Waals surface area contributed by atoms with Crippen LogP contribution in [-0.2, 0) is 4.79 Å². The highest BCUT2D eigenvalue weighted by Crippen LogP contribution is 2.24. The molecule has 1 saturated heterocycles. The van der Waals surface area contributed by atoms with Gasteiger partial charge in [0.1, 0.15) is 5.82 Å². The molecule has 0 saturated carbocycles. The summed E-state index contributed by atoms with van der Waals surface area (Å²) in [4.78, 5) is 18.5. The summed E-state index contributed by atoms with van der Waals surface area (Å²) in [5, 5.41) is 13.9. The van der Waals surface area contributed by atoms with Crippen LogP contribution in [0.15, 0.2) is 48.0 Å². The Kier molecular flexibility index (Phi) is 5.06. The number of carbonyl (C=O) groups excluding carboxylic acids is 1. The molecule has 2 aromatic heterocycles. The maximum Gasteiger partial charge on any atom is 0.229 e. The molecule has 0 bridgehead atoms. The molecule has 1 aromatic carbocycles. The zero-order valence-corrected chi connectivity index (χ0v) is 15.3. The first-order chi connectivity index (χ1) is 13.2. The lowest BCUT2D eigenvalue weighted by atomic mass is 9.96. The van der Waals surface area contributed by atoms with E-state index >= 15 is 0 Å². The normalized spacial score (nSPS) is 14.9. The van der Waals surface area contributed by atoms with E-state index in [4.69, 9.17) is 0 Å². The van der Waals surface area contributed by atoms with Crippen LogP contribution in [0.4, 0.5) is 15.3 Å². The summed E-state index contributed by atoms with van der Waals surface area (Å²) >= 11 is 1.42. The Morgan fingerprint density at radius 3 is 2.52 bits per heavy atom. The molecule has 27 heavy (non-hydrogen) atoms. The summed E-state index contributed by atoms with van der Waals surface area (Å²) in [6.07, 6.45) is 3.20. The van der Waals surface area contributed by atoms with Gasteiger partial charge in [0.15, 0.2) is 10.9 Å². The number of benzene rings is 1. The number of anilines is 2. The molecule has 0 aliphatic carbocycles. The van der Waals surface area contributed by atoms with Crippen LogP contribution in [0, 0.1) is 11.7 Å². The molecule has 0 atom stereocenters. The fourth-order valence-electron chi connectivity index (χ4n) is 3.13. The summed E-state index contributed by atoms with van der Waals surface area (Å²) in [5.41, 5.74) is 1.53. The van der Waals surface area contributed by atoms with E-state index in [0.717, 1.165) is 37.3 Å². The number of aromatic nitrogens is 3. The maximum absolute atomic E-state index is 13.0. The third kappa shape index (κ3) is 4.11. The van der Waals surface area contributed by atoms with E-state index in [-0.39, 0.29) is 17.6 Å². The largest absolute Gasteiger partial charge is 0.355 e. The molecule has 4 rings (SSSR count). The number of hydrogen-bond acceptors (Lipinski definition) is 6. The van der Waals surface area contributed by atoms with Gasteiger partial charge in [-0.3, -0.25) is 4.79 Å². The molecule has 1 N–H and O–H groups in total. The van der Waals surface area contributed by atoms with E-state index in [0.29, 0.717) is 10.8 Å². The average Bonchev–Trinajstić information content (AvgIpc) is 3.22. The Bertz CT molecular complexity index is 891. The van der Waals surface area contributed by atoms with Crippen molar-refractivity contribution in [3.05, 3.63) is 53.8 Å². The van der Waals surface area contributed by atoms with Gasteiger partial charge in [-0.05, 0) is 49.2 Å². The Balaban J connectivity index is 1.35. The molecular weight excluding hydrogens is 365 g/mol. The van der Waals surface area contributed by atoms with Crippen molar-refractivity contribution in [1.82, 2.24) is 15.2 Å². The Morgan fingerprint density at radius 2 is 1.89 bits per heavy atom. The van der Waals surface area contributed by atoms with Gasteiger partial charge in [-0.15, -0.1) is 21.5 Å². The molecule has 138 valence electrons. The third-order valence-electron chi connectivity index (χ3n) is 4.64. The van der Waals surface area contributed by atoms with E-state index < -0.39 is 0 Å². The summed E-state index contributed by atoms with van der Waals surface area (Å²) in [7, 11) is 0. The van der Waals surface area contributed by atoms with E-state index in [1.54, 1.807) is 18.3 Å². The van der Waals surface area contributed by atoms with Crippen molar-refractivity contribution in [2.75, 3.05) is 23.3 Å². The number of halogens is 1. The molecule has 0 unspecified atom stereocenters. The predicted molar refractivity (Wildman–Crippen MR) is 103 cm³/mol. The van der Waals surface area contributed by atoms with Crippen molar-refractivity contribution in [2.45, 2.75) is 12.8 Å². The molecule has 8 heteroatoms. The second-order valence-electron chi connectivity index (χ2n) is 6.37. The van der Waals surface area contributed by atoms with Crippen molar-refractivity contribution in [1.29, 1.82) is 0 Å². The molecule has 0 spiro atoms. The van der Waals surface area contributed by atoms with Crippen LogP contribution in [0.1, 0.15) is 12.8 Å². The zero-order chi connectivity index (χ0) is 18.6. The molecule has 3 aromatic rings. The first-order valence-electron chi connectivity index (χ1n) is 8.74. The fourth-order valence-corrected chi connectivity index (χ4v) is 3.66. The van der Waals surface area contributed by atoms with Crippen LogP contribution in [0.2, 0.25) is 0 Å². The van der Waals surface area contributed by atoms with Crippen LogP contribution >= 0.6 is 11.3 Å². The highest BCUT2D eigenvalue weighted by molar-refractivity contribution is 7.13. The highest BCUT2D eigenvalue weighted by atomic mass is 32.1. The monoisotopic (exact) mass is 383 g/mol. The van der Waals surface area contributed by atoms with Crippen LogP contribution in [0.5, 0.6) is 0 Å². The topological polar surface area (TPSA) is 71.0 Å². The second-order valence-corrected chi connectivity index (χ2v) is 7.27. The van der Waals surface area contributed by atoms with Gasteiger partial charge in [0, 0.05) is 36.1 Å². The quantitative estimate of drug-likeness (QED) is 0.745. The van der Waals surface area contributed by atoms with Gasteiger partial charge in [-0.1, -0.05) is 0 Å². The fraction of sp³-hybridized carbons (Fsp3) is 0.263. The molecule has 1 aliphatic rings. The molecule has 1 aliphatic heterocycles. The van der Waals surface area contributed by atoms with Crippen molar-refractivity contribution >= 4 is 28.2 Å². The number of nitrogens with one attached hydrogen (secondary N) is 1. The Morgan fingerprint density at radius 1 is 1.11 bits per heavy atom. The summed E-state index contributed by atoms with van der Waals surface area (Å²) in [5.74, 6) is 0.531. The van der Waals surface area contributed by atoms with E-state index in [9.17, 15) is 9.18 Å². The number of amides is 1. The lowest BCUT2D eigenvalue weighted by molar-refractivity contribution is -0.120. The Hall–Kier alpha value is -2.87. The van der Waals surface area contributed by atoms with Crippen LogP contribution in [0.25, 0.3) is 11.3 Å². The number of carbonyl (C=O) groups is 1. The molecule has 6 nitrogen and oxygen atoms in total. The number of rotatable bonds is 4. The summed E-state index contributed by atoms with van der Waals surface area (Å²) in [6, 6.07) is 9.99.